The van der Waals surface area contributed by atoms with Gasteiger partial charge in [-0.15, -0.1) is 0 Å². The molecule has 6 heteroatoms. The molecule has 0 amide bonds. The Morgan fingerprint density at radius 3 is 2.55 bits per heavy atom. The highest BCUT2D eigenvalue weighted by Gasteiger charge is 2.44. The first-order valence-corrected chi connectivity index (χ1v) is 12.2. The van der Waals surface area contributed by atoms with Crippen molar-refractivity contribution in [1.29, 1.82) is 0 Å². The van der Waals surface area contributed by atoms with Crippen LogP contribution in [-0.4, -0.2) is 48.0 Å². The summed E-state index contributed by atoms with van der Waals surface area (Å²) in [4.78, 5) is 7.10. The fourth-order valence-electron chi connectivity index (χ4n) is 4.91. The normalized spacial score (nSPS) is 19.9. The van der Waals surface area contributed by atoms with Crippen LogP contribution in [-0.2, 0) is 28.5 Å². The van der Waals surface area contributed by atoms with Gasteiger partial charge in [-0.1, -0.05) is 37.3 Å². The second-order valence-corrected chi connectivity index (χ2v) is 10.7. The molecule has 4 rings (SSSR count). The van der Waals surface area contributed by atoms with E-state index >= 15 is 0 Å². The minimum atomic E-state index is -3.21. The molecule has 1 saturated heterocycles. The summed E-state index contributed by atoms with van der Waals surface area (Å²) in [5.41, 5.74) is 4.61. The number of hydrogen-bond acceptors (Lipinski definition) is 4. The second kappa shape index (κ2) is 8.17. The molecule has 2 aromatic rings. The number of hydrogen-bond donors (Lipinski definition) is 0. The molecule has 1 spiro atoms. The Balaban J connectivity index is 1.55. The average Bonchev–Trinajstić information content (AvgIpc) is 2.70. The zero-order valence-corrected chi connectivity index (χ0v) is 18.3. The van der Waals surface area contributed by atoms with E-state index in [9.17, 15) is 8.42 Å². The van der Waals surface area contributed by atoms with Crippen molar-refractivity contribution in [3.63, 3.8) is 0 Å². The van der Waals surface area contributed by atoms with Gasteiger partial charge in [0.15, 0.2) is 0 Å². The molecule has 0 radical (unpaired) electrons. The molecule has 2 aliphatic heterocycles. The van der Waals surface area contributed by atoms with Gasteiger partial charge in [0.1, 0.15) is 0 Å². The van der Waals surface area contributed by atoms with Crippen LogP contribution in [0.2, 0.25) is 0 Å². The van der Waals surface area contributed by atoms with Gasteiger partial charge in [0.25, 0.3) is 0 Å². The lowest BCUT2D eigenvalue weighted by atomic mass is 9.69. The van der Waals surface area contributed by atoms with Gasteiger partial charge in [0.2, 0.25) is 10.0 Å². The minimum absolute atomic E-state index is 0.0772. The van der Waals surface area contributed by atoms with Crippen LogP contribution in [0.1, 0.15) is 48.7 Å². The maximum Gasteiger partial charge on any atom is 0.214 e. The number of aromatic nitrogens is 1. The third kappa shape index (κ3) is 4.25. The van der Waals surface area contributed by atoms with Crippen molar-refractivity contribution in [2.75, 3.05) is 25.4 Å². The van der Waals surface area contributed by atoms with E-state index < -0.39 is 10.0 Å². The lowest BCUT2D eigenvalue weighted by Crippen LogP contribution is -2.53. The van der Waals surface area contributed by atoms with Gasteiger partial charge in [0.05, 0.1) is 11.4 Å². The third-order valence-electron chi connectivity index (χ3n) is 6.41. The Labute approximate surface area is 174 Å². The van der Waals surface area contributed by atoms with Crippen LogP contribution in [0, 0.1) is 6.92 Å². The van der Waals surface area contributed by atoms with Crippen molar-refractivity contribution in [2.24, 2.45) is 0 Å². The van der Waals surface area contributed by atoms with Crippen molar-refractivity contribution in [2.45, 2.75) is 51.6 Å². The third-order valence-corrected chi connectivity index (χ3v) is 8.38. The summed E-state index contributed by atoms with van der Waals surface area (Å²) in [5, 5.41) is 0. The quantitative estimate of drug-likeness (QED) is 0.753. The predicted molar refractivity (Wildman–Crippen MR) is 116 cm³/mol. The van der Waals surface area contributed by atoms with Crippen LogP contribution in [0.3, 0.4) is 0 Å². The number of aryl methyl sites for hydroxylation is 1. The van der Waals surface area contributed by atoms with Crippen LogP contribution in [0.5, 0.6) is 0 Å². The smallest absolute Gasteiger partial charge is 0.214 e. The van der Waals surface area contributed by atoms with Crippen LogP contribution >= 0.6 is 0 Å². The number of fused-ring (bicyclic) bond motifs is 2. The van der Waals surface area contributed by atoms with E-state index in [-0.39, 0.29) is 11.2 Å². The van der Waals surface area contributed by atoms with E-state index in [1.807, 2.05) is 26.0 Å². The van der Waals surface area contributed by atoms with E-state index in [4.69, 9.17) is 0 Å². The number of likely N-dealkylation sites (tertiary alicyclic amines) is 1. The van der Waals surface area contributed by atoms with E-state index in [1.54, 1.807) is 4.31 Å². The van der Waals surface area contributed by atoms with E-state index in [0.29, 0.717) is 19.5 Å². The number of piperidine rings is 1. The number of benzene rings is 1. The highest BCUT2D eigenvalue weighted by Crippen LogP contribution is 2.42. The first-order chi connectivity index (χ1) is 13.9. The molecule has 2 aliphatic rings. The molecule has 5 nitrogen and oxygen atoms in total. The highest BCUT2D eigenvalue weighted by atomic mass is 32.2. The Kier molecular flexibility index (Phi) is 5.78. The molecule has 0 bridgehead atoms. The van der Waals surface area contributed by atoms with Gasteiger partial charge < -0.3 is 0 Å². The number of pyridine rings is 1. The van der Waals surface area contributed by atoms with Crippen molar-refractivity contribution >= 4 is 10.0 Å². The zero-order valence-electron chi connectivity index (χ0n) is 17.5. The van der Waals surface area contributed by atoms with E-state index in [1.165, 1.54) is 11.1 Å². The van der Waals surface area contributed by atoms with Gasteiger partial charge >= 0.3 is 0 Å². The molecule has 1 fully saturated rings. The number of rotatable bonds is 5. The number of nitrogens with zero attached hydrogens (tertiary/aromatic N) is 3. The second-order valence-electron chi connectivity index (χ2n) is 8.57. The topological polar surface area (TPSA) is 53.5 Å². The summed E-state index contributed by atoms with van der Waals surface area (Å²) in [6.07, 6.45) is 2.62. The van der Waals surface area contributed by atoms with Crippen molar-refractivity contribution in [3.05, 3.63) is 65.0 Å². The zero-order chi connectivity index (χ0) is 20.5. The summed E-state index contributed by atoms with van der Waals surface area (Å²) in [6, 6.07) is 14.6. The van der Waals surface area contributed by atoms with Crippen molar-refractivity contribution < 1.29 is 8.42 Å². The summed E-state index contributed by atoms with van der Waals surface area (Å²) < 4.78 is 27.5. The maximum atomic E-state index is 12.9. The van der Waals surface area contributed by atoms with Gasteiger partial charge in [-0.25, -0.2) is 8.42 Å². The summed E-state index contributed by atoms with van der Waals surface area (Å²) >= 11 is 0. The molecule has 0 saturated carbocycles. The Morgan fingerprint density at radius 2 is 1.83 bits per heavy atom. The summed E-state index contributed by atoms with van der Waals surface area (Å²) in [5.74, 6) is 0.233. The van der Waals surface area contributed by atoms with E-state index in [0.717, 1.165) is 43.9 Å². The summed E-state index contributed by atoms with van der Waals surface area (Å²) in [7, 11) is -3.21. The fourth-order valence-corrected chi connectivity index (χ4v) is 6.46. The molecule has 29 heavy (non-hydrogen) atoms. The number of sulfonamides is 1. The Hall–Kier alpha value is -1.76. The first kappa shape index (κ1) is 20.5. The van der Waals surface area contributed by atoms with Crippen LogP contribution in [0.25, 0.3) is 0 Å². The highest BCUT2D eigenvalue weighted by molar-refractivity contribution is 7.89. The van der Waals surface area contributed by atoms with Crippen molar-refractivity contribution in [1.82, 2.24) is 14.2 Å². The van der Waals surface area contributed by atoms with Crippen LogP contribution in [0.15, 0.2) is 42.5 Å². The van der Waals surface area contributed by atoms with Crippen LogP contribution in [0.4, 0.5) is 0 Å². The molecule has 1 aromatic heterocycles. The molecule has 1 aromatic carbocycles. The molecule has 0 atom stereocenters. The monoisotopic (exact) mass is 413 g/mol. The first-order valence-electron chi connectivity index (χ1n) is 10.6. The Morgan fingerprint density at radius 1 is 1.07 bits per heavy atom. The maximum absolute atomic E-state index is 12.9. The summed E-state index contributed by atoms with van der Waals surface area (Å²) in [6.45, 7) is 7.87. The predicted octanol–water partition coefficient (Wildman–Crippen LogP) is 3.48. The SMILES string of the molecule is CCCS(=O)(=O)N1Cc2ccccc2C2(CCN(Cc3cccc(C)n3)CC2)C1. The fraction of sp³-hybridized carbons (Fsp3) is 0.522. The largest absolute Gasteiger partial charge is 0.297 e. The molecule has 0 N–H and O–H groups in total. The molecule has 0 aliphatic carbocycles. The molecule has 3 heterocycles. The van der Waals surface area contributed by atoms with E-state index in [2.05, 4.69) is 40.2 Å². The lowest BCUT2D eigenvalue weighted by molar-refractivity contribution is 0.123. The average molecular weight is 414 g/mol. The van der Waals surface area contributed by atoms with Gasteiger partial charge in [0, 0.05) is 30.7 Å². The standard InChI is InChI=1S/C23H31N3O2S/c1-3-15-29(27,28)26-16-20-8-4-5-10-22(20)23(18-26)11-13-25(14-12-23)17-21-9-6-7-19(2)24-21/h4-10H,3,11-18H2,1-2H3. The molecule has 0 unspecified atom stereocenters. The molecular weight excluding hydrogens is 382 g/mol. The molecule has 156 valence electrons. The van der Waals surface area contributed by atoms with Gasteiger partial charge in [-0.3, -0.25) is 9.88 Å². The molecular formula is C23H31N3O2S. The van der Waals surface area contributed by atoms with Gasteiger partial charge in [-0.2, -0.15) is 4.31 Å². The van der Waals surface area contributed by atoms with Gasteiger partial charge in [-0.05, 0) is 62.5 Å². The minimum Gasteiger partial charge on any atom is -0.297 e. The van der Waals surface area contributed by atoms with Crippen LogP contribution < -0.4 is 0 Å². The Bertz CT molecular complexity index is 966. The van der Waals surface area contributed by atoms with Crippen molar-refractivity contribution in [3.8, 4) is 0 Å². The lowest BCUT2D eigenvalue weighted by Gasteiger charge is -2.48.